The second kappa shape index (κ2) is 6.00. The van der Waals surface area contributed by atoms with Gasteiger partial charge in [0.05, 0.1) is 0 Å². The first kappa shape index (κ1) is 14.3. The number of hydrogen-bond acceptors (Lipinski definition) is 4. The van der Waals surface area contributed by atoms with E-state index >= 15 is 0 Å². The van der Waals surface area contributed by atoms with Gasteiger partial charge in [-0.15, -0.1) is 0 Å². The van der Waals surface area contributed by atoms with Crippen LogP contribution < -0.4 is 11.3 Å². The van der Waals surface area contributed by atoms with Crippen molar-refractivity contribution in [1.29, 1.82) is 0 Å². The van der Waals surface area contributed by atoms with Crippen molar-refractivity contribution in [2.24, 2.45) is 5.84 Å². The number of nitrogens with zero attached hydrogens (tertiary/aromatic N) is 2. The summed E-state index contributed by atoms with van der Waals surface area (Å²) in [6, 6.07) is 5.90. The highest BCUT2D eigenvalue weighted by molar-refractivity contribution is 6.31. The van der Waals surface area contributed by atoms with Crippen LogP contribution >= 0.6 is 11.6 Å². The van der Waals surface area contributed by atoms with Crippen LogP contribution in [-0.4, -0.2) is 9.97 Å². The van der Waals surface area contributed by atoms with Gasteiger partial charge in [-0.2, -0.15) is 0 Å². The van der Waals surface area contributed by atoms with Gasteiger partial charge in [0.1, 0.15) is 5.82 Å². The SMILES string of the molecule is Cc1ccc(-c2nc3c(c(NN)n2)CCCCC3)cc1Cl. The van der Waals surface area contributed by atoms with Crippen LogP contribution in [0.15, 0.2) is 18.2 Å². The van der Waals surface area contributed by atoms with Crippen LogP contribution in [-0.2, 0) is 12.8 Å². The Labute approximate surface area is 129 Å². The molecular formula is C16H19ClN4. The van der Waals surface area contributed by atoms with Gasteiger partial charge in [0.2, 0.25) is 0 Å². The van der Waals surface area contributed by atoms with Crippen molar-refractivity contribution in [3.8, 4) is 11.4 Å². The Morgan fingerprint density at radius 3 is 2.71 bits per heavy atom. The average Bonchev–Trinajstić information content (AvgIpc) is 2.74. The van der Waals surface area contributed by atoms with Gasteiger partial charge in [-0.05, 0) is 44.2 Å². The molecule has 4 nitrogen and oxygen atoms in total. The molecule has 0 saturated heterocycles. The average molecular weight is 303 g/mol. The van der Waals surface area contributed by atoms with E-state index in [4.69, 9.17) is 22.4 Å². The van der Waals surface area contributed by atoms with Crippen molar-refractivity contribution in [2.45, 2.75) is 39.0 Å². The Morgan fingerprint density at radius 1 is 1.14 bits per heavy atom. The predicted octanol–water partition coefficient (Wildman–Crippen LogP) is 3.66. The standard InChI is InChI=1S/C16H19ClN4/c1-10-7-8-11(9-13(10)17)15-19-14-6-4-2-3-5-12(14)16(20-15)21-18/h7-9H,2-6,18H2,1H3,(H,19,20,21). The molecule has 0 spiro atoms. The molecule has 2 aromatic rings. The zero-order valence-corrected chi connectivity index (χ0v) is 12.9. The number of benzene rings is 1. The van der Waals surface area contributed by atoms with E-state index in [0.29, 0.717) is 5.82 Å². The third-order valence-electron chi connectivity index (χ3n) is 4.00. The first-order valence-electron chi connectivity index (χ1n) is 7.32. The smallest absolute Gasteiger partial charge is 0.161 e. The molecule has 0 amide bonds. The van der Waals surface area contributed by atoms with E-state index in [1.165, 1.54) is 19.3 Å². The lowest BCUT2D eigenvalue weighted by Gasteiger charge is -2.13. The van der Waals surface area contributed by atoms with Gasteiger partial charge in [-0.3, -0.25) is 0 Å². The van der Waals surface area contributed by atoms with Crippen LogP contribution in [0.5, 0.6) is 0 Å². The van der Waals surface area contributed by atoms with Crippen LogP contribution in [0.25, 0.3) is 11.4 Å². The summed E-state index contributed by atoms with van der Waals surface area (Å²) in [7, 11) is 0. The maximum absolute atomic E-state index is 6.21. The van der Waals surface area contributed by atoms with Gasteiger partial charge in [-0.25, -0.2) is 15.8 Å². The van der Waals surface area contributed by atoms with E-state index in [0.717, 1.165) is 46.1 Å². The van der Waals surface area contributed by atoms with Gasteiger partial charge in [0.15, 0.2) is 5.82 Å². The molecule has 0 radical (unpaired) electrons. The highest BCUT2D eigenvalue weighted by atomic mass is 35.5. The number of anilines is 1. The molecule has 0 atom stereocenters. The van der Waals surface area contributed by atoms with Crippen molar-refractivity contribution in [3.05, 3.63) is 40.0 Å². The van der Waals surface area contributed by atoms with Crippen molar-refractivity contribution in [2.75, 3.05) is 5.43 Å². The van der Waals surface area contributed by atoms with Gasteiger partial charge in [-0.1, -0.05) is 30.2 Å². The van der Waals surface area contributed by atoms with Crippen molar-refractivity contribution < 1.29 is 0 Å². The zero-order chi connectivity index (χ0) is 14.8. The molecule has 3 N–H and O–H groups in total. The molecule has 0 unspecified atom stereocenters. The molecule has 5 heteroatoms. The van der Waals surface area contributed by atoms with Gasteiger partial charge < -0.3 is 5.43 Å². The number of hydrazine groups is 1. The minimum absolute atomic E-state index is 0.686. The quantitative estimate of drug-likeness (QED) is 0.505. The Kier molecular flexibility index (Phi) is 4.08. The third-order valence-corrected chi connectivity index (χ3v) is 4.41. The van der Waals surface area contributed by atoms with E-state index in [1.54, 1.807) is 0 Å². The summed E-state index contributed by atoms with van der Waals surface area (Å²) in [6.45, 7) is 1.98. The first-order valence-corrected chi connectivity index (χ1v) is 7.70. The second-order valence-electron chi connectivity index (χ2n) is 5.49. The number of aromatic nitrogens is 2. The number of nitrogens with one attached hydrogen (secondary N) is 1. The van der Waals surface area contributed by atoms with Crippen molar-refractivity contribution >= 4 is 17.4 Å². The number of rotatable bonds is 2. The Morgan fingerprint density at radius 2 is 1.95 bits per heavy atom. The number of nitrogens with two attached hydrogens (primary N) is 1. The lowest BCUT2D eigenvalue weighted by molar-refractivity contribution is 0.709. The molecule has 1 aliphatic carbocycles. The summed E-state index contributed by atoms with van der Waals surface area (Å²) in [5, 5.41) is 0.730. The predicted molar refractivity (Wildman–Crippen MR) is 86.3 cm³/mol. The molecule has 110 valence electrons. The first-order chi connectivity index (χ1) is 10.2. The third kappa shape index (κ3) is 2.87. The lowest BCUT2D eigenvalue weighted by Crippen LogP contribution is -2.14. The number of fused-ring (bicyclic) bond motifs is 1. The van der Waals surface area contributed by atoms with Crippen LogP contribution in [0.3, 0.4) is 0 Å². The van der Waals surface area contributed by atoms with E-state index in [9.17, 15) is 0 Å². The number of halogens is 1. The minimum atomic E-state index is 0.686. The topological polar surface area (TPSA) is 63.8 Å². The Balaban J connectivity index is 2.10. The maximum atomic E-state index is 6.21. The van der Waals surface area contributed by atoms with E-state index in [1.807, 2.05) is 25.1 Å². The van der Waals surface area contributed by atoms with E-state index in [-0.39, 0.29) is 0 Å². The Hall–Kier alpha value is -1.65. The second-order valence-corrected chi connectivity index (χ2v) is 5.90. The zero-order valence-electron chi connectivity index (χ0n) is 12.1. The fourth-order valence-electron chi connectivity index (χ4n) is 2.75. The van der Waals surface area contributed by atoms with Crippen LogP contribution in [0.4, 0.5) is 5.82 Å². The fourth-order valence-corrected chi connectivity index (χ4v) is 2.93. The normalized spacial score (nSPS) is 14.4. The molecule has 1 aromatic carbocycles. The monoisotopic (exact) mass is 302 g/mol. The number of hydrogen-bond donors (Lipinski definition) is 2. The maximum Gasteiger partial charge on any atom is 0.161 e. The molecule has 0 saturated carbocycles. The van der Waals surface area contributed by atoms with Crippen LogP contribution in [0.1, 0.15) is 36.1 Å². The molecule has 1 heterocycles. The summed E-state index contributed by atoms with van der Waals surface area (Å²) in [6.07, 6.45) is 5.54. The Bertz CT molecular complexity index is 670. The molecule has 0 aliphatic heterocycles. The largest absolute Gasteiger partial charge is 0.308 e. The summed E-state index contributed by atoms with van der Waals surface area (Å²) in [5.74, 6) is 7.09. The van der Waals surface area contributed by atoms with E-state index in [2.05, 4.69) is 10.4 Å². The molecule has 1 aliphatic rings. The molecule has 1 aromatic heterocycles. The molecular weight excluding hydrogens is 284 g/mol. The lowest BCUT2D eigenvalue weighted by atomic mass is 10.1. The summed E-state index contributed by atoms with van der Waals surface area (Å²) in [5.41, 5.74) is 6.99. The molecule has 0 fully saturated rings. The molecule has 21 heavy (non-hydrogen) atoms. The van der Waals surface area contributed by atoms with Gasteiger partial charge in [0.25, 0.3) is 0 Å². The van der Waals surface area contributed by atoms with Crippen molar-refractivity contribution in [3.63, 3.8) is 0 Å². The summed E-state index contributed by atoms with van der Waals surface area (Å²) in [4.78, 5) is 9.34. The van der Waals surface area contributed by atoms with Crippen molar-refractivity contribution in [1.82, 2.24) is 9.97 Å². The number of nitrogen functional groups attached to an aromatic ring is 1. The highest BCUT2D eigenvalue weighted by Gasteiger charge is 2.17. The summed E-state index contributed by atoms with van der Waals surface area (Å²) < 4.78 is 0. The number of aryl methyl sites for hydroxylation is 2. The van der Waals surface area contributed by atoms with E-state index < -0.39 is 0 Å². The van der Waals surface area contributed by atoms with Crippen LogP contribution in [0, 0.1) is 6.92 Å². The fraction of sp³-hybridized carbons (Fsp3) is 0.375. The minimum Gasteiger partial charge on any atom is -0.308 e. The highest BCUT2D eigenvalue weighted by Crippen LogP contribution is 2.29. The molecule has 3 rings (SSSR count). The van der Waals surface area contributed by atoms with Crippen LogP contribution in [0.2, 0.25) is 5.02 Å². The van der Waals surface area contributed by atoms with Gasteiger partial charge >= 0.3 is 0 Å². The van der Waals surface area contributed by atoms with Gasteiger partial charge in [0, 0.05) is 21.8 Å². The molecule has 0 bridgehead atoms. The summed E-state index contributed by atoms with van der Waals surface area (Å²) >= 11 is 6.21.